The summed E-state index contributed by atoms with van der Waals surface area (Å²) in [5.41, 5.74) is 0.0120. The van der Waals surface area contributed by atoms with Crippen LogP contribution in [0.15, 0.2) is 16.7 Å². The number of hydrogen-bond acceptors (Lipinski definition) is 3. The van der Waals surface area contributed by atoms with Gasteiger partial charge in [0.15, 0.2) is 0 Å². The molecule has 0 amide bonds. The molecule has 17 heavy (non-hydrogen) atoms. The number of nitrogens with zero attached hydrogens (tertiary/aromatic N) is 1. The standard InChI is InChI=1S/C12H16BrClN2O/c13-9-5-10(14)11(15-6-9)16-7-12(8-17)3-1-2-4-12/h5-6,17H,1-4,7-8H2,(H,15,16). The van der Waals surface area contributed by atoms with Crippen LogP contribution in [0.3, 0.4) is 0 Å². The molecule has 1 saturated carbocycles. The molecule has 0 aromatic carbocycles. The quantitative estimate of drug-likeness (QED) is 0.893. The van der Waals surface area contributed by atoms with Gasteiger partial charge in [-0.25, -0.2) is 4.98 Å². The molecular formula is C12H16BrClN2O. The molecule has 0 bridgehead atoms. The summed E-state index contributed by atoms with van der Waals surface area (Å²) in [5.74, 6) is 0.689. The van der Waals surface area contributed by atoms with Gasteiger partial charge < -0.3 is 10.4 Å². The van der Waals surface area contributed by atoms with Crippen LogP contribution in [0.5, 0.6) is 0 Å². The average Bonchev–Trinajstić information content (AvgIpc) is 2.77. The van der Waals surface area contributed by atoms with Gasteiger partial charge in [-0.1, -0.05) is 24.4 Å². The van der Waals surface area contributed by atoms with E-state index in [1.807, 2.05) is 6.07 Å². The molecule has 1 aliphatic carbocycles. The first-order valence-electron chi connectivity index (χ1n) is 5.81. The zero-order valence-corrected chi connectivity index (χ0v) is 11.9. The van der Waals surface area contributed by atoms with Crippen molar-refractivity contribution >= 4 is 33.3 Å². The molecule has 1 aromatic rings. The zero-order valence-electron chi connectivity index (χ0n) is 9.55. The maximum atomic E-state index is 9.51. The van der Waals surface area contributed by atoms with Crippen LogP contribution in [-0.2, 0) is 0 Å². The third-order valence-corrected chi connectivity index (χ3v) is 4.16. The molecule has 1 aromatic heterocycles. The lowest BCUT2D eigenvalue weighted by Gasteiger charge is -2.27. The van der Waals surface area contributed by atoms with Crippen LogP contribution in [-0.4, -0.2) is 23.2 Å². The van der Waals surface area contributed by atoms with E-state index >= 15 is 0 Å². The average molecular weight is 320 g/mol. The summed E-state index contributed by atoms with van der Waals surface area (Å²) < 4.78 is 0.866. The molecule has 3 nitrogen and oxygen atoms in total. The molecule has 2 N–H and O–H groups in total. The van der Waals surface area contributed by atoms with E-state index in [0.717, 1.165) is 23.9 Å². The van der Waals surface area contributed by atoms with Gasteiger partial charge in [-0.2, -0.15) is 0 Å². The van der Waals surface area contributed by atoms with Crippen LogP contribution < -0.4 is 5.32 Å². The van der Waals surface area contributed by atoms with Crippen molar-refractivity contribution in [3.8, 4) is 0 Å². The SMILES string of the molecule is OCC1(CNc2ncc(Br)cc2Cl)CCCC1. The Morgan fingerprint density at radius 2 is 2.18 bits per heavy atom. The number of halogens is 2. The summed E-state index contributed by atoms with van der Waals surface area (Å²) in [6.45, 7) is 0.964. The second kappa shape index (κ2) is 5.55. The monoisotopic (exact) mass is 318 g/mol. The third kappa shape index (κ3) is 3.12. The second-order valence-electron chi connectivity index (χ2n) is 4.70. The van der Waals surface area contributed by atoms with Crippen molar-refractivity contribution in [1.29, 1.82) is 0 Å². The number of nitrogens with one attached hydrogen (secondary N) is 1. The van der Waals surface area contributed by atoms with E-state index in [0.29, 0.717) is 10.8 Å². The largest absolute Gasteiger partial charge is 0.396 e. The Labute approximate surface area is 115 Å². The summed E-state index contributed by atoms with van der Waals surface area (Å²) >= 11 is 9.41. The van der Waals surface area contributed by atoms with Gasteiger partial charge in [0.25, 0.3) is 0 Å². The highest BCUT2D eigenvalue weighted by molar-refractivity contribution is 9.10. The Kier molecular flexibility index (Phi) is 4.28. The molecule has 1 aliphatic rings. The highest BCUT2D eigenvalue weighted by atomic mass is 79.9. The maximum absolute atomic E-state index is 9.51. The van der Waals surface area contributed by atoms with E-state index in [4.69, 9.17) is 11.6 Å². The van der Waals surface area contributed by atoms with E-state index in [2.05, 4.69) is 26.2 Å². The van der Waals surface area contributed by atoms with Gasteiger partial charge in [0.05, 0.1) is 11.6 Å². The molecule has 0 unspecified atom stereocenters. The smallest absolute Gasteiger partial charge is 0.144 e. The van der Waals surface area contributed by atoms with Crippen LogP contribution in [0.25, 0.3) is 0 Å². The predicted octanol–water partition coefficient (Wildman–Crippen LogP) is 3.46. The van der Waals surface area contributed by atoms with E-state index in [9.17, 15) is 5.11 Å². The molecule has 2 rings (SSSR count). The van der Waals surface area contributed by atoms with Crippen LogP contribution in [0.1, 0.15) is 25.7 Å². The Hall–Kier alpha value is -0.320. The first kappa shape index (κ1) is 13.1. The van der Waals surface area contributed by atoms with E-state index < -0.39 is 0 Å². The predicted molar refractivity (Wildman–Crippen MR) is 73.4 cm³/mol. The van der Waals surface area contributed by atoms with Gasteiger partial charge in [-0.3, -0.25) is 0 Å². The summed E-state index contributed by atoms with van der Waals surface area (Å²) in [7, 11) is 0. The molecule has 0 spiro atoms. The highest BCUT2D eigenvalue weighted by Gasteiger charge is 2.33. The van der Waals surface area contributed by atoms with Crippen LogP contribution in [0.4, 0.5) is 5.82 Å². The lowest BCUT2D eigenvalue weighted by Crippen LogP contribution is -2.30. The number of aliphatic hydroxyl groups excluding tert-OH is 1. The minimum absolute atomic E-state index is 0.0120. The van der Waals surface area contributed by atoms with Gasteiger partial charge >= 0.3 is 0 Å². The molecule has 1 fully saturated rings. The number of aliphatic hydroxyl groups is 1. The molecule has 94 valence electrons. The van der Waals surface area contributed by atoms with Crippen LogP contribution in [0, 0.1) is 5.41 Å². The fourth-order valence-electron chi connectivity index (χ4n) is 2.33. The first-order valence-corrected chi connectivity index (χ1v) is 6.98. The van der Waals surface area contributed by atoms with Crippen molar-refractivity contribution in [3.63, 3.8) is 0 Å². The van der Waals surface area contributed by atoms with Gasteiger partial charge in [0.2, 0.25) is 0 Å². The van der Waals surface area contributed by atoms with Gasteiger partial charge in [0.1, 0.15) is 5.82 Å². The van der Waals surface area contributed by atoms with E-state index in [-0.39, 0.29) is 12.0 Å². The fourth-order valence-corrected chi connectivity index (χ4v) is 3.03. The Bertz CT molecular complexity index is 394. The Balaban J connectivity index is 2.01. The van der Waals surface area contributed by atoms with Crippen LogP contribution >= 0.6 is 27.5 Å². The molecule has 1 heterocycles. The lowest BCUT2D eigenvalue weighted by molar-refractivity contribution is 0.142. The maximum Gasteiger partial charge on any atom is 0.144 e. The van der Waals surface area contributed by atoms with Gasteiger partial charge in [-0.05, 0) is 34.8 Å². The summed E-state index contributed by atoms with van der Waals surface area (Å²) in [5, 5.41) is 13.4. The minimum atomic E-state index is 0.0120. The van der Waals surface area contributed by atoms with Crippen molar-refractivity contribution in [1.82, 2.24) is 4.98 Å². The van der Waals surface area contributed by atoms with Gasteiger partial charge in [-0.15, -0.1) is 0 Å². The Morgan fingerprint density at radius 3 is 2.76 bits per heavy atom. The van der Waals surface area contributed by atoms with Crippen molar-refractivity contribution in [2.24, 2.45) is 5.41 Å². The summed E-state index contributed by atoms with van der Waals surface area (Å²) in [6, 6.07) is 1.82. The highest BCUT2D eigenvalue weighted by Crippen LogP contribution is 2.38. The van der Waals surface area contributed by atoms with Crippen molar-refractivity contribution in [3.05, 3.63) is 21.8 Å². The molecular weight excluding hydrogens is 304 g/mol. The summed E-state index contributed by atoms with van der Waals surface area (Å²) in [4.78, 5) is 4.23. The minimum Gasteiger partial charge on any atom is -0.396 e. The lowest BCUT2D eigenvalue weighted by atomic mass is 9.87. The summed E-state index contributed by atoms with van der Waals surface area (Å²) in [6.07, 6.45) is 6.26. The molecule has 0 radical (unpaired) electrons. The van der Waals surface area contributed by atoms with Gasteiger partial charge in [0, 0.05) is 22.6 Å². The molecule has 0 atom stereocenters. The number of pyridine rings is 1. The number of hydrogen-bond donors (Lipinski definition) is 2. The first-order chi connectivity index (χ1) is 8.15. The molecule has 0 saturated heterocycles. The third-order valence-electron chi connectivity index (χ3n) is 3.44. The number of aromatic nitrogens is 1. The second-order valence-corrected chi connectivity index (χ2v) is 6.03. The van der Waals surface area contributed by atoms with Crippen molar-refractivity contribution < 1.29 is 5.11 Å². The van der Waals surface area contributed by atoms with Crippen molar-refractivity contribution in [2.45, 2.75) is 25.7 Å². The molecule has 5 heteroatoms. The van der Waals surface area contributed by atoms with Crippen molar-refractivity contribution in [2.75, 3.05) is 18.5 Å². The number of anilines is 1. The zero-order chi connectivity index (χ0) is 12.3. The van der Waals surface area contributed by atoms with E-state index in [1.54, 1.807) is 6.20 Å². The topological polar surface area (TPSA) is 45.1 Å². The van der Waals surface area contributed by atoms with E-state index in [1.165, 1.54) is 12.8 Å². The normalized spacial score (nSPS) is 18.3. The Morgan fingerprint density at radius 1 is 1.47 bits per heavy atom. The van der Waals surface area contributed by atoms with Crippen LogP contribution in [0.2, 0.25) is 5.02 Å². The number of rotatable bonds is 4. The molecule has 0 aliphatic heterocycles. The fraction of sp³-hybridized carbons (Fsp3) is 0.583.